The van der Waals surface area contributed by atoms with Gasteiger partial charge in [-0.3, -0.25) is 9.59 Å². The summed E-state index contributed by atoms with van der Waals surface area (Å²) in [5.74, 6) is 1.09. The Morgan fingerprint density at radius 1 is 1.06 bits per heavy atom. The molecule has 34 heavy (non-hydrogen) atoms. The first-order valence-corrected chi connectivity index (χ1v) is 11.1. The van der Waals surface area contributed by atoms with Crippen LogP contribution in [0, 0.1) is 0 Å². The highest BCUT2D eigenvalue weighted by atomic mass is 16.5. The van der Waals surface area contributed by atoms with E-state index in [4.69, 9.17) is 9.47 Å². The van der Waals surface area contributed by atoms with Gasteiger partial charge in [0.05, 0.1) is 23.2 Å². The molecule has 0 amide bonds. The summed E-state index contributed by atoms with van der Waals surface area (Å²) in [6, 6.07) is 24.3. The molecule has 2 heterocycles. The summed E-state index contributed by atoms with van der Waals surface area (Å²) in [6.45, 7) is 4.02. The molecule has 168 valence electrons. The number of para-hydroxylation sites is 1. The molecule has 5 rings (SSSR count). The Morgan fingerprint density at radius 3 is 2.82 bits per heavy atom. The van der Waals surface area contributed by atoms with Gasteiger partial charge in [0.1, 0.15) is 24.2 Å². The average molecular weight is 450 g/mol. The molecule has 0 spiro atoms. The smallest absolute Gasteiger partial charge is 0.170 e. The van der Waals surface area contributed by atoms with E-state index >= 15 is 0 Å². The third kappa shape index (κ3) is 4.59. The standard InChI is InChI=1S/C29H23NO4/c1-2-23-17-28(32)25-13-10-19(15-29(25)34-23)14-27(31)21-7-5-8-24(16-21)33-18-22-12-11-20-6-3-4-9-26(20)30-22/h2-13,15-16,23H,1,14,17-18H2. The number of hydrogen-bond donors (Lipinski definition) is 0. The number of Topliss-reactive ketones (excluding diaryl/α,β-unsaturated/α-hetero) is 2. The van der Waals surface area contributed by atoms with Gasteiger partial charge in [-0.1, -0.05) is 55.1 Å². The van der Waals surface area contributed by atoms with E-state index in [1.165, 1.54) is 0 Å². The van der Waals surface area contributed by atoms with Crippen LogP contribution in [0.1, 0.15) is 38.4 Å². The van der Waals surface area contributed by atoms with Crippen LogP contribution in [0.3, 0.4) is 0 Å². The van der Waals surface area contributed by atoms with E-state index in [9.17, 15) is 9.59 Å². The van der Waals surface area contributed by atoms with Crippen LogP contribution in [0.4, 0.5) is 0 Å². The molecule has 0 bridgehead atoms. The summed E-state index contributed by atoms with van der Waals surface area (Å²) < 4.78 is 11.7. The van der Waals surface area contributed by atoms with Crippen LogP contribution in [0.25, 0.3) is 10.9 Å². The number of benzene rings is 3. The zero-order valence-electron chi connectivity index (χ0n) is 18.6. The molecule has 0 saturated carbocycles. The van der Waals surface area contributed by atoms with Crippen molar-refractivity contribution in [3.8, 4) is 11.5 Å². The quantitative estimate of drug-likeness (QED) is 0.265. The Morgan fingerprint density at radius 2 is 1.94 bits per heavy atom. The molecule has 1 unspecified atom stereocenters. The molecule has 5 heteroatoms. The number of rotatable bonds is 7. The predicted molar refractivity (Wildman–Crippen MR) is 131 cm³/mol. The summed E-state index contributed by atoms with van der Waals surface area (Å²) in [7, 11) is 0. The van der Waals surface area contributed by atoms with E-state index in [0.29, 0.717) is 29.2 Å². The number of ether oxygens (including phenoxy) is 2. The SMILES string of the molecule is C=CC1CC(=O)c2ccc(CC(=O)c3cccc(OCc4ccc5ccccc5n4)c3)cc2O1. The molecule has 1 aromatic heterocycles. The second kappa shape index (κ2) is 9.32. The van der Waals surface area contributed by atoms with Gasteiger partial charge >= 0.3 is 0 Å². The van der Waals surface area contributed by atoms with Gasteiger partial charge in [-0.2, -0.15) is 0 Å². The predicted octanol–water partition coefficient (Wildman–Crippen LogP) is 5.76. The van der Waals surface area contributed by atoms with Gasteiger partial charge in [0.25, 0.3) is 0 Å². The third-order valence-electron chi connectivity index (χ3n) is 5.84. The molecule has 1 atom stereocenters. The molecular weight excluding hydrogens is 426 g/mol. The van der Waals surface area contributed by atoms with E-state index in [1.807, 2.05) is 42.5 Å². The van der Waals surface area contributed by atoms with Crippen molar-refractivity contribution in [3.63, 3.8) is 0 Å². The van der Waals surface area contributed by atoms with Crippen LogP contribution in [0.5, 0.6) is 11.5 Å². The van der Waals surface area contributed by atoms with Crippen molar-refractivity contribution in [2.75, 3.05) is 0 Å². The van der Waals surface area contributed by atoms with Crippen LogP contribution in [0.15, 0.2) is 91.5 Å². The molecule has 0 aliphatic carbocycles. The van der Waals surface area contributed by atoms with Crippen molar-refractivity contribution in [2.24, 2.45) is 0 Å². The molecule has 0 N–H and O–H groups in total. The lowest BCUT2D eigenvalue weighted by molar-refractivity contribution is 0.0893. The van der Waals surface area contributed by atoms with Gasteiger partial charge in [0, 0.05) is 17.4 Å². The maximum Gasteiger partial charge on any atom is 0.170 e. The zero-order chi connectivity index (χ0) is 23.5. The molecule has 0 fully saturated rings. The van der Waals surface area contributed by atoms with Gasteiger partial charge in [-0.25, -0.2) is 4.98 Å². The highest BCUT2D eigenvalue weighted by molar-refractivity contribution is 6.01. The maximum absolute atomic E-state index is 12.9. The monoisotopic (exact) mass is 449 g/mol. The van der Waals surface area contributed by atoms with Crippen molar-refractivity contribution in [1.29, 1.82) is 0 Å². The van der Waals surface area contributed by atoms with Crippen LogP contribution >= 0.6 is 0 Å². The minimum absolute atomic E-state index is 0.0229. The van der Waals surface area contributed by atoms with Crippen LogP contribution in [-0.4, -0.2) is 22.7 Å². The average Bonchev–Trinajstić information content (AvgIpc) is 2.87. The second-order valence-electron chi connectivity index (χ2n) is 8.26. The molecule has 4 aromatic rings. The summed E-state index contributed by atoms with van der Waals surface area (Å²) in [4.78, 5) is 29.8. The number of ketones is 2. The lowest BCUT2D eigenvalue weighted by Crippen LogP contribution is -2.25. The summed E-state index contributed by atoms with van der Waals surface area (Å²) in [5, 5.41) is 1.08. The second-order valence-corrected chi connectivity index (χ2v) is 8.26. The fraction of sp³-hybridized carbons (Fsp3) is 0.138. The van der Waals surface area contributed by atoms with Crippen molar-refractivity contribution in [2.45, 2.75) is 25.6 Å². The number of fused-ring (bicyclic) bond motifs is 2. The Labute approximate surface area is 197 Å². The highest BCUT2D eigenvalue weighted by Crippen LogP contribution is 2.29. The first kappa shape index (κ1) is 21.6. The van der Waals surface area contributed by atoms with Gasteiger partial charge < -0.3 is 9.47 Å². The summed E-state index contributed by atoms with van der Waals surface area (Å²) >= 11 is 0. The van der Waals surface area contributed by atoms with Crippen LogP contribution in [-0.2, 0) is 13.0 Å². The van der Waals surface area contributed by atoms with Gasteiger partial charge in [0.15, 0.2) is 11.6 Å². The molecule has 1 aliphatic rings. The van der Waals surface area contributed by atoms with E-state index in [1.54, 1.807) is 42.5 Å². The number of carbonyl (C=O) groups is 2. The Hall–Kier alpha value is -4.25. The topological polar surface area (TPSA) is 65.5 Å². The fourth-order valence-corrected chi connectivity index (χ4v) is 4.03. The van der Waals surface area contributed by atoms with E-state index in [-0.39, 0.29) is 30.5 Å². The van der Waals surface area contributed by atoms with E-state index in [2.05, 4.69) is 11.6 Å². The van der Waals surface area contributed by atoms with Gasteiger partial charge in [-0.15, -0.1) is 0 Å². The van der Waals surface area contributed by atoms with Crippen molar-refractivity contribution < 1.29 is 19.1 Å². The fourth-order valence-electron chi connectivity index (χ4n) is 4.03. The Bertz CT molecular complexity index is 1410. The Kier molecular flexibility index (Phi) is 5.91. The minimum atomic E-state index is -0.336. The minimum Gasteiger partial charge on any atom is -0.487 e. The van der Waals surface area contributed by atoms with E-state index in [0.717, 1.165) is 22.2 Å². The number of hydrogen-bond acceptors (Lipinski definition) is 5. The lowest BCUT2D eigenvalue weighted by Gasteiger charge is -2.23. The summed E-state index contributed by atoms with van der Waals surface area (Å²) in [5.41, 5.74) is 3.63. The number of carbonyl (C=O) groups excluding carboxylic acids is 2. The number of aromatic nitrogens is 1. The van der Waals surface area contributed by atoms with E-state index < -0.39 is 0 Å². The number of pyridine rings is 1. The molecule has 1 aliphatic heterocycles. The normalized spacial score (nSPS) is 14.8. The molecule has 3 aromatic carbocycles. The maximum atomic E-state index is 12.9. The Balaban J connectivity index is 1.27. The third-order valence-corrected chi connectivity index (χ3v) is 5.84. The lowest BCUT2D eigenvalue weighted by atomic mass is 9.96. The van der Waals surface area contributed by atoms with Crippen molar-refractivity contribution in [1.82, 2.24) is 4.98 Å². The zero-order valence-corrected chi connectivity index (χ0v) is 18.6. The van der Waals surface area contributed by atoms with Crippen molar-refractivity contribution >= 4 is 22.5 Å². The summed E-state index contributed by atoms with van der Waals surface area (Å²) in [6.07, 6.45) is 1.77. The van der Waals surface area contributed by atoms with Crippen LogP contribution < -0.4 is 9.47 Å². The molecule has 5 nitrogen and oxygen atoms in total. The molecule has 0 radical (unpaired) electrons. The largest absolute Gasteiger partial charge is 0.487 e. The number of nitrogens with zero attached hydrogens (tertiary/aromatic N) is 1. The van der Waals surface area contributed by atoms with Gasteiger partial charge in [0.2, 0.25) is 0 Å². The molecular formula is C29H23NO4. The van der Waals surface area contributed by atoms with Crippen LogP contribution in [0.2, 0.25) is 0 Å². The first-order chi connectivity index (χ1) is 16.6. The first-order valence-electron chi connectivity index (χ1n) is 11.1. The van der Waals surface area contributed by atoms with Crippen molar-refractivity contribution in [3.05, 3.63) is 114 Å². The highest BCUT2D eigenvalue weighted by Gasteiger charge is 2.25. The molecule has 0 saturated heterocycles. The van der Waals surface area contributed by atoms with Gasteiger partial charge in [-0.05, 0) is 42.0 Å².